The molecule has 0 aromatic rings. The summed E-state index contributed by atoms with van der Waals surface area (Å²) in [7, 11) is -1.87. The van der Waals surface area contributed by atoms with Crippen molar-refractivity contribution in [2.45, 2.75) is 27.7 Å². The van der Waals surface area contributed by atoms with Crippen LogP contribution >= 0.6 is 9.16 Å². The van der Waals surface area contributed by atoms with E-state index < -0.39 is 15.1 Å². The van der Waals surface area contributed by atoms with E-state index in [-0.39, 0.29) is 51.4 Å². The van der Waals surface area contributed by atoms with Gasteiger partial charge in [0.25, 0.3) is 0 Å². The van der Waals surface area contributed by atoms with Crippen molar-refractivity contribution in [3.8, 4) is 0 Å². The summed E-state index contributed by atoms with van der Waals surface area (Å²) in [5.41, 5.74) is 0. The van der Waals surface area contributed by atoms with Crippen molar-refractivity contribution in [3.63, 3.8) is 0 Å². The summed E-state index contributed by atoms with van der Waals surface area (Å²) >= 11 is 0. The van der Waals surface area contributed by atoms with Crippen LogP contribution < -0.4 is 0 Å². The van der Waals surface area contributed by atoms with Gasteiger partial charge in [0.15, 0.2) is 0 Å². The molecule has 1 N–H and O–H groups in total. The maximum absolute atomic E-state index is 10.9. The first-order chi connectivity index (χ1) is 5.97. The molecule has 4 heteroatoms. The first kappa shape index (κ1) is 17.8. The molecule has 0 fully saturated rings. The normalized spacial score (nSPS) is 13.9. The second-order valence-electron chi connectivity index (χ2n) is 4.05. The van der Waals surface area contributed by atoms with E-state index in [1.165, 1.54) is 0 Å². The minimum atomic E-state index is -1.87. The molecular formula is C10H25KO2S. The Morgan fingerprint density at radius 1 is 1.00 bits per heavy atom. The topological polar surface area (TPSA) is 37.3 Å². The molecule has 84 valence electrons. The van der Waals surface area contributed by atoms with Gasteiger partial charge in [0.05, 0.1) is 5.75 Å². The van der Waals surface area contributed by atoms with Crippen LogP contribution in [0.2, 0.25) is 0 Å². The van der Waals surface area contributed by atoms with Crippen LogP contribution in [0.1, 0.15) is 27.7 Å². The van der Waals surface area contributed by atoms with Crippen molar-refractivity contribution >= 4 is 66.5 Å². The fourth-order valence-corrected chi connectivity index (χ4v) is 6.51. The molecule has 0 rings (SSSR count). The number of hydrogen-bond donors (Lipinski definition) is 2. The standard InChI is InChI=1S/C10H24O2S.K.H/c1-5-13(6-2,7-3,8-4)9-10(11)12;;/h13H,5-9H2,1-4H3,(H,11,12);;. The third-order valence-electron chi connectivity index (χ3n) is 4.16. The van der Waals surface area contributed by atoms with Crippen molar-refractivity contribution < 1.29 is 9.90 Å². The first-order valence-electron chi connectivity index (χ1n) is 5.19. The number of carboxylic acids is 1. The van der Waals surface area contributed by atoms with Gasteiger partial charge in [-0.2, -0.15) is 0 Å². The molecule has 0 atom stereocenters. The summed E-state index contributed by atoms with van der Waals surface area (Å²) in [6.45, 7) is 8.66. The Labute approximate surface area is 131 Å². The Hall–Kier alpha value is 1.46. The Morgan fingerprint density at radius 2 is 1.29 bits per heavy atom. The summed E-state index contributed by atoms with van der Waals surface area (Å²) in [5, 5.41) is 8.97. The Bertz CT molecular complexity index is 167. The van der Waals surface area contributed by atoms with Crippen LogP contribution in [0.3, 0.4) is 0 Å². The van der Waals surface area contributed by atoms with Gasteiger partial charge < -0.3 is 5.11 Å². The predicted octanol–water partition coefficient (Wildman–Crippen LogP) is 1.57. The van der Waals surface area contributed by atoms with Gasteiger partial charge in [-0.3, -0.25) is 14.0 Å². The number of carbonyl (C=O) groups is 1. The molecule has 0 saturated carbocycles. The summed E-state index contributed by atoms with van der Waals surface area (Å²) in [5.74, 6) is 4.17. The molecule has 0 amide bonds. The van der Waals surface area contributed by atoms with Crippen LogP contribution in [0.15, 0.2) is 0 Å². The SMILES string of the molecule is CC[SH](CC)(CC)(CC)CC(=O)O.[KH]. The van der Waals surface area contributed by atoms with Gasteiger partial charge in [-0.25, -0.2) is 0 Å². The zero-order chi connectivity index (χ0) is 10.6. The molecule has 0 aliphatic heterocycles. The quantitative estimate of drug-likeness (QED) is 0.553. The fraction of sp³-hybridized carbons (Fsp3) is 0.900. The van der Waals surface area contributed by atoms with E-state index >= 15 is 0 Å². The van der Waals surface area contributed by atoms with Crippen molar-refractivity contribution in [1.29, 1.82) is 0 Å². The van der Waals surface area contributed by atoms with Gasteiger partial charge in [0, 0.05) is 0 Å². The Kier molecular flexibility index (Phi) is 8.81. The molecular weight excluding hydrogens is 223 g/mol. The third-order valence-corrected chi connectivity index (χ3v) is 12.5. The van der Waals surface area contributed by atoms with E-state index in [0.29, 0.717) is 5.75 Å². The monoisotopic (exact) mass is 248 g/mol. The second-order valence-corrected chi connectivity index (χ2v) is 11.4. The van der Waals surface area contributed by atoms with Crippen molar-refractivity contribution in [3.05, 3.63) is 0 Å². The number of thiol groups is 1. The minimum absolute atomic E-state index is 0. The second kappa shape index (κ2) is 6.91. The molecule has 0 spiro atoms. The van der Waals surface area contributed by atoms with Gasteiger partial charge in [-0.1, -0.05) is 27.7 Å². The average Bonchev–Trinajstić information content (AvgIpc) is 2.15. The first-order valence-corrected chi connectivity index (χ1v) is 8.35. The number of hydrogen-bond acceptors (Lipinski definition) is 1. The van der Waals surface area contributed by atoms with Crippen LogP contribution in [0.4, 0.5) is 0 Å². The molecule has 0 aliphatic carbocycles. The van der Waals surface area contributed by atoms with Gasteiger partial charge in [0.2, 0.25) is 0 Å². The average molecular weight is 248 g/mol. The molecule has 0 aliphatic rings. The maximum atomic E-state index is 10.9. The fourth-order valence-electron chi connectivity index (χ4n) is 2.17. The van der Waals surface area contributed by atoms with E-state index in [0.717, 1.165) is 23.0 Å². The summed E-state index contributed by atoms with van der Waals surface area (Å²) in [6, 6.07) is 0. The molecule has 0 unspecified atom stereocenters. The number of carboxylic acid groups (broad SMARTS) is 1. The van der Waals surface area contributed by atoms with Crippen LogP contribution in [-0.2, 0) is 4.79 Å². The van der Waals surface area contributed by atoms with E-state index in [9.17, 15) is 4.79 Å². The Balaban J connectivity index is 0. The summed E-state index contributed by atoms with van der Waals surface area (Å²) in [4.78, 5) is 10.9. The molecule has 0 saturated heterocycles. The zero-order valence-corrected chi connectivity index (χ0v) is 10.2. The number of rotatable bonds is 6. The van der Waals surface area contributed by atoms with Crippen LogP contribution in [0.5, 0.6) is 0 Å². The van der Waals surface area contributed by atoms with E-state index in [2.05, 4.69) is 27.7 Å². The van der Waals surface area contributed by atoms with Crippen molar-refractivity contribution in [2.75, 3.05) is 28.8 Å². The van der Waals surface area contributed by atoms with Gasteiger partial charge >= 0.3 is 57.4 Å². The molecule has 14 heavy (non-hydrogen) atoms. The third kappa shape index (κ3) is 3.79. The molecule has 0 radical (unpaired) electrons. The summed E-state index contributed by atoms with van der Waals surface area (Å²) < 4.78 is 0. The van der Waals surface area contributed by atoms with Crippen LogP contribution in [-0.4, -0.2) is 91.2 Å². The van der Waals surface area contributed by atoms with E-state index in [1.807, 2.05) is 0 Å². The van der Waals surface area contributed by atoms with Gasteiger partial charge in [-0.05, 0) is 23.0 Å². The molecule has 0 bridgehead atoms. The van der Waals surface area contributed by atoms with Gasteiger partial charge in [-0.15, -0.1) is 0 Å². The van der Waals surface area contributed by atoms with Crippen LogP contribution in [0, 0.1) is 0 Å². The van der Waals surface area contributed by atoms with E-state index in [4.69, 9.17) is 5.11 Å². The molecule has 2 nitrogen and oxygen atoms in total. The van der Waals surface area contributed by atoms with Crippen molar-refractivity contribution in [1.82, 2.24) is 0 Å². The predicted molar refractivity (Wildman–Crippen MR) is 70.8 cm³/mol. The summed E-state index contributed by atoms with van der Waals surface area (Å²) in [6.07, 6.45) is 0. The molecule has 0 heterocycles. The van der Waals surface area contributed by atoms with Gasteiger partial charge in [0.1, 0.15) is 0 Å². The van der Waals surface area contributed by atoms with Crippen LogP contribution in [0.25, 0.3) is 0 Å². The molecule has 0 aromatic carbocycles. The van der Waals surface area contributed by atoms with E-state index in [1.54, 1.807) is 0 Å². The zero-order valence-electron chi connectivity index (χ0n) is 9.34. The number of aliphatic carboxylic acids is 1. The van der Waals surface area contributed by atoms with Crippen molar-refractivity contribution in [2.24, 2.45) is 0 Å². The molecule has 0 aromatic heterocycles. The Morgan fingerprint density at radius 3 is 1.36 bits per heavy atom.